The second-order valence-electron chi connectivity index (χ2n) is 3.49. The summed E-state index contributed by atoms with van der Waals surface area (Å²) in [6.45, 7) is 0. The Kier molecular flexibility index (Phi) is 3.86. The van der Waals surface area contributed by atoms with Crippen LogP contribution in [-0.2, 0) is 9.59 Å². The first kappa shape index (κ1) is 12.2. The van der Waals surface area contributed by atoms with E-state index < -0.39 is 6.04 Å². The number of hydrogen-bond donors (Lipinski definition) is 1. The van der Waals surface area contributed by atoms with Crippen molar-refractivity contribution >= 4 is 41.5 Å². The van der Waals surface area contributed by atoms with Crippen molar-refractivity contribution in [2.24, 2.45) is 0 Å². The van der Waals surface area contributed by atoms with Crippen LogP contribution in [0.15, 0.2) is 18.3 Å². The number of thioether (sulfide) groups is 1. The number of pyridine rings is 1. The van der Waals surface area contributed by atoms with Crippen molar-refractivity contribution in [2.45, 2.75) is 6.04 Å². The van der Waals surface area contributed by atoms with Crippen LogP contribution < -0.4 is 5.32 Å². The maximum absolute atomic E-state index is 11.9. The Balaban J connectivity index is 2.01. The molecule has 1 saturated heterocycles. The molecule has 90 valence electrons. The highest BCUT2D eigenvalue weighted by Gasteiger charge is 2.30. The highest BCUT2D eigenvalue weighted by molar-refractivity contribution is 7.99. The third kappa shape index (κ3) is 2.89. The predicted molar refractivity (Wildman–Crippen MR) is 66.9 cm³/mol. The summed E-state index contributed by atoms with van der Waals surface area (Å²) in [5.41, 5.74) is 0. The fourth-order valence-electron chi connectivity index (χ4n) is 1.44. The van der Waals surface area contributed by atoms with Gasteiger partial charge in [0.15, 0.2) is 0 Å². The average molecular weight is 272 g/mol. The van der Waals surface area contributed by atoms with Gasteiger partial charge in [-0.2, -0.15) is 0 Å². The monoisotopic (exact) mass is 271 g/mol. The smallest absolute Gasteiger partial charge is 0.249 e. The summed E-state index contributed by atoms with van der Waals surface area (Å²) in [6.07, 6.45) is 2.15. The number of hydrogen-bond acceptors (Lipinski definition) is 4. The van der Waals surface area contributed by atoms with Crippen LogP contribution in [0.4, 0.5) is 5.82 Å². The molecular weight excluding hydrogens is 262 g/mol. The van der Waals surface area contributed by atoms with Crippen LogP contribution in [0.1, 0.15) is 0 Å². The lowest BCUT2D eigenvalue weighted by molar-refractivity contribution is -0.127. The van der Waals surface area contributed by atoms with E-state index in [1.165, 1.54) is 11.1 Å². The van der Waals surface area contributed by atoms with Crippen molar-refractivity contribution in [2.75, 3.05) is 16.9 Å². The van der Waals surface area contributed by atoms with Crippen molar-refractivity contribution in [3.63, 3.8) is 0 Å². The Morgan fingerprint density at radius 2 is 2.47 bits per heavy atom. The number of carbonyl (C=O) groups is 2. The molecule has 1 aromatic rings. The van der Waals surface area contributed by atoms with E-state index in [2.05, 4.69) is 10.3 Å². The molecular formula is C10H10ClN3O2S. The molecule has 0 radical (unpaired) electrons. The first-order chi connectivity index (χ1) is 8.20. The lowest BCUT2D eigenvalue weighted by Gasteiger charge is -2.17. The molecule has 0 spiro atoms. The van der Waals surface area contributed by atoms with Gasteiger partial charge >= 0.3 is 0 Å². The molecule has 0 aliphatic carbocycles. The molecule has 7 heteroatoms. The number of carbonyl (C=O) groups excluding carboxylic acids is 2. The quantitative estimate of drug-likeness (QED) is 0.840. The number of aromatic nitrogens is 1. The molecule has 2 rings (SSSR count). The highest BCUT2D eigenvalue weighted by Crippen LogP contribution is 2.20. The first-order valence-corrected chi connectivity index (χ1v) is 6.45. The number of anilines is 1. The lowest BCUT2D eigenvalue weighted by atomic mass is 10.3. The van der Waals surface area contributed by atoms with Crippen molar-refractivity contribution < 1.29 is 9.59 Å². The number of halogens is 1. The van der Waals surface area contributed by atoms with E-state index in [1.807, 2.05) is 0 Å². The maximum atomic E-state index is 11.9. The number of nitrogens with zero attached hydrogens (tertiary/aromatic N) is 2. The van der Waals surface area contributed by atoms with Crippen LogP contribution in [-0.4, -0.2) is 39.9 Å². The van der Waals surface area contributed by atoms with Gasteiger partial charge in [-0.05, 0) is 12.1 Å². The standard InChI is InChI=1S/C10H10ClN3O2S/c11-7-1-2-9(12-3-7)13-10(16)8-4-17-6-14(8)5-15/h1-3,5,8H,4,6H2,(H,12,13,16)/t8-/m0/s1. The van der Waals surface area contributed by atoms with Crippen molar-refractivity contribution in [1.82, 2.24) is 9.88 Å². The number of amides is 2. The summed E-state index contributed by atoms with van der Waals surface area (Å²) in [4.78, 5) is 28.0. The molecule has 1 atom stereocenters. The Bertz CT molecular complexity index is 426. The lowest BCUT2D eigenvalue weighted by Crippen LogP contribution is -2.40. The van der Waals surface area contributed by atoms with Gasteiger partial charge in [-0.3, -0.25) is 9.59 Å². The number of rotatable bonds is 3. The van der Waals surface area contributed by atoms with Crippen molar-refractivity contribution in [3.8, 4) is 0 Å². The molecule has 0 aromatic carbocycles. The fourth-order valence-corrected chi connectivity index (χ4v) is 2.68. The van der Waals surface area contributed by atoms with Crippen molar-refractivity contribution in [3.05, 3.63) is 23.4 Å². The van der Waals surface area contributed by atoms with Gasteiger partial charge in [-0.1, -0.05) is 11.6 Å². The average Bonchev–Trinajstić information content (AvgIpc) is 2.80. The van der Waals surface area contributed by atoms with Crippen LogP contribution in [0.5, 0.6) is 0 Å². The van der Waals surface area contributed by atoms with Gasteiger partial charge in [0.25, 0.3) is 0 Å². The van der Waals surface area contributed by atoms with Gasteiger partial charge in [0.1, 0.15) is 11.9 Å². The molecule has 2 heterocycles. The third-order valence-electron chi connectivity index (χ3n) is 2.33. The Hall–Kier alpha value is -1.27. The normalized spacial score (nSPS) is 19.1. The largest absolute Gasteiger partial charge is 0.323 e. The van der Waals surface area contributed by atoms with E-state index in [1.54, 1.807) is 23.9 Å². The van der Waals surface area contributed by atoms with E-state index in [0.717, 1.165) is 0 Å². The SMILES string of the molecule is O=CN1CSC[C@H]1C(=O)Nc1ccc(Cl)cn1. The third-order valence-corrected chi connectivity index (χ3v) is 3.59. The van der Waals surface area contributed by atoms with Crippen LogP contribution in [0.3, 0.4) is 0 Å². The molecule has 17 heavy (non-hydrogen) atoms. The minimum absolute atomic E-state index is 0.225. The fraction of sp³-hybridized carbons (Fsp3) is 0.300. The van der Waals surface area contributed by atoms with Gasteiger partial charge in [0.05, 0.1) is 10.9 Å². The molecule has 5 nitrogen and oxygen atoms in total. The Labute approximate surface area is 108 Å². The van der Waals surface area contributed by atoms with E-state index in [0.29, 0.717) is 28.9 Å². The molecule has 1 aliphatic heterocycles. The molecule has 0 bridgehead atoms. The summed E-state index contributed by atoms with van der Waals surface area (Å²) in [5, 5.41) is 3.16. The second-order valence-corrected chi connectivity index (χ2v) is 4.92. The van der Waals surface area contributed by atoms with Gasteiger partial charge in [-0.15, -0.1) is 11.8 Å². The Morgan fingerprint density at radius 1 is 1.65 bits per heavy atom. The molecule has 2 amide bonds. The topological polar surface area (TPSA) is 62.3 Å². The minimum atomic E-state index is -0.421. The van der Waals surface area contributed by atoms with Gasteiger partial charge in [0.2, 0.25) is 12.3 Å². The molecule has 0 unspecified atom stereocenters. The van der Waals surface area contributed by atoms with Crippen molar-refractivity contribution in [1.29, 1.82) is 0 Å². The summed E-state index contributed by atoms with van der Waals surface area (Å²) in [5.74, 6) is 1.37. The second kappa shape index (κ2) is 5.37. The van der Waals surface area contributed by atoms with E-state index >= 15 is 0 Å². The van der Waals surface area contributed by atoms with Gasteiger partial charge < -0.3 is 10.2 Å². The number of nitrogens with one attached hydrogen (secondary N) is 1. The van der Waals surface area contributed by atoms with E-state index in [-0.39, 0.29) is 5.91 Å². The summed E-state index contributed by atoms with van der Waals surface area (Å²) >= 11 is 7.24. The van der Waals surface area contributed by atoms with Crippen LogP contribution in [0.2, 0.25) is 5.02 Å². The van der Waals surface area contributed by atoms with E-state index in [4.69, 9.17) is 11.6 Å². The summed E-state index contributed by atoms with van der Waals surface area (Å²) in [7, 11) is 0. The van der Waals surface area contributed by atoms with Crippen LogP contribution in [0, 0.1) is 0 Å². The molecule has 1 aliphatic rings. The predicted octanol–water partition coefficient (Wildman–Crippen LogP) is 1.20. The highest BCUT2D eigenvalue weighted by atomic mass is 35.5. The molecule has 1 aromatic heterocycles. The van der Waals surface area contributed by atoms with Gasteiger partial charge in [0, 0.05) is 11.9 Å². The molecule has 1 fully saturated rings. The summed E-state index contributed by atoms with van der Waals surface area (Å²) in [6, 6.07) is 2.84. The Morgan fingerprint density at radius 3 is 3.12 bits per heavy atom. The van der Waals surface area contributed by atoms with Crippen LogP contribution in [0.25, 0.3) is 0 Å². The zero-order valence-corrected chi connectivity index (χ0v) is 10.4. The summed E-state index contributed by atoms with van der Waals surface area (Å²) < 4.78 is 0. The van der Waals surface area contributed by atoms with Crippen LogP contribution >= 0.6 is 23.4 Å². The van der Waals surface area contributed by atoms with E-state index in [9.17, 15) is 9.59 Å². The molecule has 1 N–H and O–H groups in total. The maximum Gasteiger partial charge on any atom is 0.249 e. The zero-order valence-electron chi connectivity index (χ0n) is 8.80. The molecule has 0 saturated carbocycles. The first-order valence-electron chi connectivity index (χ1n) is 4.92. The minimum Gasteiger partial charge on any atom is -0.323 e. The van der Waals surface area contributed by atoms with Gasteiger partial charge in [-0.25, -0.2) is 4.98 Å². The zero-order chi connectivity index (χ0) is 12.3.